The van der Waals surface area contributed by atoms with Crippen LogP contribution in [0.15, 0.2) is 61.1 Å². The number of carbonyl (C=O) groups is 1. The largest absolute Gasteiger partial charge is 0.489 e. The van der Waals surface area contributed by atoms with Crippen molar-refractivity contribution in [3.63, 3.8) is 0 Å². The summed E-state index contributed by atoms with van der Waals surface area (Å²) in [6.07, 6.45) is 5.60. The molecule has 8 heteroatoms. The highest BCUT2D eigenvalue weighted by Crippen LogP contribution is 2.38. The first-order chi connectivity index (χ1) is 16.9. The quantitative estimate of drug-likeness (QED) is 0.297. The van der Waals surface area contributed by atoms with Crippen molar-refractivity contribution in [3.8, 4) is 5.75 Å². The van der Waals surface area contributed by atoms with Gasteiger partial charge in [-0.05, 0) is 54.6 Å². The van der Waals surface area contributed by atoms with Gasteiger partial charge in [0.2, 0.25) is 0 Å². The Hall–Kier alpha value is -2.97. The Morgan fingerprint density at radius 2 is 1.89 bits per heavy atom. The molecule has 0 unspecified atom stereocenters. The number of rotatable bonds is 12. The lowest BCUT2D eigenvalue weighted by molar-refractivity contribution is 0.0995. The summed E-state index contributed by atoms with van der Waals surface area (Å²) in [5.74, 6) is -0.289. The molecule has 1 heterocycles. The molecule has 6 nitrogen and oxygen atoms in total. The Bertz CT molecular complexity index is 1140. The van der Waals surface area contributed by atoms with Crippen molar-refractivity contribution in [2.45, 2.75) is 77.4 Å². The molecule has 0 aliphatic carbocycles. The van der Waals surface area contributed by atoms with Gasteiger partial charge in [-0.25, -0.2) is 9.37 Å². The molecule has 1 amide bonds. The third-order valence-corrected chi connectivity index (χ3v) is 11.3. The van der Waals surface area contributed by atoms with Gasteiger partial charge < -0.3 is 19.5 Å². The topological polar surface area (TPSA) is 79.4 Å². The van der Waals surface area contributed by atoms with Gasteiger partial charge in [0.05, 0.1) is 12.4 Å². The van der Waals surface area contributed by atoms with E-state index in [2.05, 4.69) is 38.8 Å². The minimum atomic E-state index is -2.03. The Labute approximate surface area is 214 Å². The van der Waals surface area contributed by atoms with Crippen LogP contribution in [0.2, 0.25) is 18.1 Å². The third kappa shape index (κ3) is 7.76. The molecule has 2 N–H and O–H groups in total. The van der Waals surface area contributed by atoms with E-state index in [0.717, 1.165) is 30.4 Å². The lowest BCUT2D eigenvalue weighted by Crippen LogP contribution is -2.44. The third-order valence-electron chi connectivity index (χ3n) is 6.81. The van der Waals surface area contributed by atoms with Crippen molar-refractivity contribution in [1.82, 2.24) is 9.55 Å². The van der Waals surface area contributed by atoms with Crippen LogP contribution in [0.4, 0.5) is 4.39 Å². The molecule has 0 spiro atoms. The van der Waals surface area contributed by atoms with E-state index >= 15 is 0 Å². The van der Waals surface area contributed by atoms with E-state index in [1.165, 1.54) is 12.1 Å². The number of imidazole rings is 1. The molecule has 1 aromatic heterocycles. The zero-order valence-corrected chi connectivity index (χ0v) is 23.0. The maximum atomic E-state index is 14.0. The highest BCUT2D eigenvalue weighted by molar-refractivity contribution is 6.74. The molecule has 0 saturated carbocycles. The second kappa shape index (κ2) is 11.8. The minimum absolute atomic E-state index is 0.0602. The van der Waals surface area contributed by atoms with Crippen LogP contribution >= 0.6 is 0 Å². The van der Waals surface area contributed by atoms with Crippen molar-refractivity contribution >= 4 is 14.2 Å². The molecule has 0 bridgehead atoms. The Morgan fingerprint density at radius 1 is 1.17 bits per heavy atom. The van der Waals surface area contributed by atoms with Crippen molar-refractivity contribution in [2.75, 3.05) is 0 Å². The van der Waals surface area contributed by atoms with Gasteiger partial charge >= 0.3 is 0 Å². The summed E-state index contributed by atoms with van der Waals surface area (Å²) in [5, 5.41) is 0.0635. The summed E-state index contributed by atoms with van der Waals surface area (Å²) in [6.45, 7) is 12.1. The van der Waals surface area contributed by atoms with Crippen molar-refractivity contribution in [3.05, 3.63) is 83.7 Å². The number of hydrogen-bond acceptors (Lipinski definition) is 4. The highest BCUT2D eigenvalue weighted by atomic mass is 28.4. The van der Waals surface area contributed by atoms with Crippen molar-refractivity contribution in [1.29, 1.82) is 0 Å². The molecule has 0 fully saturated rings. The molecule has 2 aromatic carbocycles. The zero-order chi connectivity index (χ0) is 26.3. The Balaban J connectivity index is 1.69. The summed E-state index contributed by atoms with van der Waals surface area (Å²) >= 11 is 0. The molecule has 3 rings (SSSR count). The normalized spacial score (nSPS) is 12.9. The fourth-order valence-electron chi connectivity index (χ4n) is 3.73. The first kappa shape index (κ1) is 27.6. The standard InChI is InChI=1S/C28H38FN3O3Si/c1-28(2,3)36(4,5)35-24(17-32-18-25(27(30)33)31-20-32)13-9-12-22-14-15-23(29)16-26(22)34-19-21-10-7-6-8-11-21/h6-8,10-11,14-16,18,20,24H,9,12-13,17,19H2,1-5H3,(H2,30,33)/t24-/m0/s1. The maximum absolute atomic E-state index is 14.0. The van der Waals surface area contributed by atoms with Crippen molar-refractivity contribution in [2.24, 2.45) is 5.73 Å². The predicted molar refractivity (Wildman–Crippen MR) is 143 cm³/mol. The second-order valence-corrected chi connectivity index (χ2v) is 15.5. The zero-order valence-electron chi connectivity index (χ0n) is 22.0. The number of amides is 1. The number of nitrogens with zero attached hydrogens (tertiary/aromatic N) is 2. The average Bonchev–Trinajstić information content (AvgIpc) is 3.27. The summed E-state index contributed by atoms with van der Waals surface area (Å²) in [4.78, 5) is 15.6. The number of benzene rings is 2. The number of carbonyl (C=O) groups excluding carboxylic acids is 1. The van der Waals surface area contributed by atoms with Gasteiger partial charge in [-0.15, -0.1) is 0 Å². The van der Waals surface area contributed by atoms with Gasteiger partial charge in [0.15, 0.2) is 8.32 Å². The van der Waals surface area contributed by atoms with Crippen LogP contribution in [-0.2, 0) is 24.0 Å². The molecule has 3 aromatic rings. The lowest BCUT2D eigenvalue weighted by Gasteiger charge is -2.39. The maximum Gasteiger partial charge on any atom is 0.268 e. The van der Waals surface area contributed by atoms with Crippen LogP contribution in [0, 0.1) is 5.82 Å². The summed E-state index contributed by atoms with van der Waals surface area (Å²) < 4.78 is 28.6. The number of hydrogen-bond donors (Lipinski definition) is 1. The first-order valence-electron chi connectivity index (χ1n) is 12.4. The van der Waals surface area contributed by atoms with Gasteiger partial charge in [-0.1, -0.05) is 57.2 Å². The van der Waals surface area contributed by atoms with E-state index in [9.17, 15) is 9.18 Å². The Morgan fingerprint density at radius 3 is 2.53 bits per heavy atom. The molecule has 36 heavy (non-hydrogen) atoms. The number of aromatic nitrogens is 2. The smallest absolute Gasteiger partial charge is 0.268 e. The SMILES string of the molecule is CC(C)(C)[Si](C)(C)O[C@@H](CCCc1ccc(F)cc1OCc1ccccc1)Cn1cnc(C(N)=O)c1. The summed E-state index contributed by atoms with van der Waals surface area (Å²) in [7, 11) is -2.03. The van der Waals surface area contributed by atoms with Gasteiger partial charge in [0.1, 0.15) is 23.9 Å². The summed E-state index contributed by atoms with van der Waals surface area (Å²) in [6, 6.07) is 14.6. The van der Waals surface area contributed by atoms with E-state index < -0.39 is 14.2 Å². The Kier molecular flexibility index (Phi) is 9.08. The van der Waals surface area contributed by atoms with E-state index in [1.54, 1.807) is 18.6 Å². The van der Waals surface area contributed by atoms with Gasteiger partial charge in [0.25, 0.3) is 5.91 Å². The van der Waals surface area contributed by atoms with E-state index in [1.807, 2.05) is 34.9 Å². The lowest BCUT2D eigenvalue weighted by atomic mass is 10.0. The molecular weight excluding hydrogens is 473 g/mol. The summed E-state index contributed by atoms with van der Waals surface area (Å²) in [5.41, 5.74) is 7.62. The van der Waals surface area contributed by atoms with Crippen LogP contribution in [0.5, 0.6) is 5.75 Å². The van der Waals surface area contributed by atoms with Gasteiger partial charge in [-0.2, -0.15) is 0 Å². The molecule has 0 aliphatic heterocycles. The van der Waals surface area contributed by atoms with Crippen molar-refractivity contribution < 1.29 is 18.3 Å². The minimum Gasteiger partial charge on any atom is -0.489 e. The van der Waals surface area contributed by atoms with Crippen LogP contribution in [0.3, 0.4) is 0 Å². The molecule has 0 saturated heterocycles. The molecule has 1 atom stereocenters. The highest BCUT2D eigenvalue weighted by Gasteiger charge is 2.39. The number of primary amides is 1. The van der Waals surface area contributed by atoms with Gasteiger partial charge in [-0.3, -0.25) is 4.79 Å². The number of aryl methyl sites for hydroxylation is 1. The molecule has 0 aliphatic rings. The fourth-order valence-corrected chi connectivity index (χ4v) is 5.11. The molecular formula is C28H38FN3O3Si. The predicted octanol–water partition coefficient (Wildman–Crippen LogP) is 6.11. The van der Waals surface area contributed by atoms with Crippen LogP contribution in [0.25, 0.3) is 0 Å². The number of nitrogens with two attached hydrogens (primary N) is 1. The fraction of sp³-hybridized carbons (Fsp3) is 0.429. The van der Waals surface area contributed by atoms with Crippen LogP contribution < -0.4 is 10.5 Å². The van der Waals surface area contributed by atoms with E-state index in [0.29, 0.717) is 18.9 Å². The molecule has 0 radical (unpaired) electrons. The van der Waals surface area contributed by atoms with Crippen LogP contribution in [-0.4, -0.2) is 29.9 Å². The van der Waals surface area contributed by atoms with E-state index in [-0.39, 0.29) is 22.7 Å². The van der Waals surface area contributed by atoms with E-state index in [4.69, 9.17) is 14.9 Å². The monoisotopic (exact) mass is 511 g/mol. The number of halogens is 1. The van der Waals surface area contributed by atoms with Crippen LogP contribution in [0.1, 0.15) is 55.2 Å². The average molecular weight is 512 g/mol. The first-order valence-corrected chi connectivity index (χ1v) is 15.3. The number of ether oxygens (including phenoxy) is 1. The van der Waals surface area contributed by atoms with Gasteiger partial charge in [0, 0.05) is 18.8 Å². The molecule has 194 valence electrons. The second-order valence-electron chi connectivity index (χ2n) is 10.7.